The van der Waals surface area contributed by atoms with Crippen LogP contribution in [0.3, 0.4) is 0 Å². The molecule has 0 aliphatic heterocycles. The molecule has 15 heavy (non-hydrogen) atoms. The van der Waals surface area contributed by atoms with Crippen molar-refractivity contribution in [1.29, 1.82) is 5.26 Å². The molecule has 0 aromatic heterocycles. The second-order valence-corrected chi connectivity index (χ2v) is 3.99. The van der Waals surface area contributed by atoms with Crippen molar-refractivity contribution in [2.24, 2.45) is 5.41 Å². The molecule has 0 aromatic carbocycles. The molecule has 1 rings (SSSR count). The Bertz CT molecular complexity index is 208. The van der Waals surface area contributed by atoms with Crippen molar-refractivity contribution in [2.75, 3.05) is 40.1 Å². The van der Waals surface area contributed by atoms with Gasteiger partial charge in [-0.05, 0) is 12.8 Å². The molecule has 0 unspecified atom stereocenters. The van der Waals surface area contributed by atoms with Crippen molar-refractivity contribution in [3.8, 4) is 6.07 Å². The van der Waals surface area contributed by atoms with E-state index in [1.807, 2.05) is 0 Å². The fourth-order valence-corrected chi connectivity index (χ4v) is 1.37. The van der Waals surface area contributed by atoms with Gasteiger partial charge in [0.2, 0.25) is 0 Å². The summed E-state index contributed by atoms with van der Waals surface area (Å²) in [5.74, 6) is 0. The lowest BCUT2D eigenvalue weighted by Gasteiger charge is -2.11. The van der Waals surface area contributed by atoms with E-state index in [1.165, 1.54) is 0 Å². The largest absolute Gasteiger partial charge is 0.382 e. The third-order valence-electron chi connectivity index (χ3n) is 2.62. The van der Waals surface area contributed by atoms with Crippen LogP contribution in [0, 0.1) is 16.7 Å². The van der Waals surface area contributed by atoms with Gasteiger partial charge in [-0.3, -0.25) is 0 Å². The minimum atomic E-state index is 0.182. The third-order valence-corrected chi connectivity index (χ3v) is 2.62. The highest BCUT2D eigenvalue weighted by Gasteiger charge is 2.42. The molecule has 0 amide bonds. The van der Waals surface area contributed by atoms with E-state index in [9.17, 15) is 0 Å². The van der Waals surface area contributed by atoms with Crippen molar-refractivity contribution in [3.05, 3.63) is 0 Å². The molecule has 1 aliphatic carbocycles. The van der Waals surface area contributed by atoms with Gasteiger partial charge >= 0.3 is 0 Å². The van der Waals surface area contributed by atoms with Gasteiger partial charge in [-0.2, -0.15) is 5.26 Å². The predicted molar refractivity (Wildman–Crippen MR) is 55.4 cm³/mol. The predicted octanol–water partition coefficient (Wildman–Crippen LogP) is 1.36. The van der Waals surface area contributed by atoms with Gasteiger partial charge in [-0.25, -0.2) is 0 Å². The van der Waals surface area contributed by atoms with Crippen LogP contribution < -0.4 is 0 Å². The first kappa shape index (κ1) is 12.4. The lowest BCUT2D eigenvalue weighted by Crippen LogP contribution is -2.14. The Morgan fingerprint density at radius 2 is 1.80 bits per heavy atom. The Morgan fingerprint density at radius 1 is 1.13 bits per heavy atom. The molecule has 0 heterocycles. The Morgan fingerprint density at radius 3 is 2.40 bits per heavy atom. The summed E-state index contributed by atoms with van der Waals surface area (Å²) in [6, 6.07) is 2.21. The maximum Gasteiger partial charge on any atom is 0.0701 e. The van der Waals surface area contributed by atoms with E-state index in [0.29, 0.717) is 39.5 Å². The van der Waals surface area contributed by atoms with Crippen LogP contribution in [0.5, 0.6) is 0 Å². The average molecular weight is 213 g/mol. The summed E-state index contributed by atoms with van der Waals surface area (Å²) in [6.07, 6.45) is 2.88. The van der Waals surface area contributed by atoms with Crippen molar-refractivity contribution in [3.63, 3.8) is 0 Å². The van der Waals surface area contributed by atoms with Crippen LogP contribution in [0.4, 0.5) is 0 Å². The van der Waals surface area contributed by atoms with E-state index < -0.39 is 0 Å². The summed E-state index contributed by atoms with van der Waals surface area (Å²) in [5, 5.41) is 8.60. The normalized spacial score (nSPS) is 17.3. The van der Waals surface area contributed by atoms with Gasteiger partial charge in [-0.1, -0.05) is 0 Å². The van der Waals surface area contributed by atoms with Crippen molar-refractivity contribution >= 4 is 0 Å². The third kappa shape index (κ3) is 5.12. The van der Waals surface area contributed by atoms with E-state index in [4.69, 9.17) is 19.5 Å². The molecule has 86 valence electrons. The molecular formula is C11H19NO3. The van der Waals surface area contributed by atoms with Crippen LogP contribution in [0.1, 0.15) is 19.3 Å². The van der Waals surface area contributed by atoms with Gasteiger partial charge in [0.1, 0.15) is 0 Å². The Kier molecular flexibility index (Phi) is 5.62. The molecule has 4 heteroatoms. The molecule has 0 bridgehead atoms. The van der Waals surface area contributed by atoms with Gasteiger partial charge in [0.25, 0.3) is 0 Å². The number of hydrogen-bond donors (Lipinski definition) is 0. The fraction of sp³-hybridized carbons (Fsp3) is 0.909. The molecule has 0 saturated heterocycles. The van der Waals surface area contributed by atoms with Gasteiger partial charge in [0.05, 0.1) is 39.1 Å². The Balaban J connectivity index is 1.87. The topological polar surface area (TPSA) is 51.5 Å². The molecular weight excluding hydrogens is 194 g/mol. The second-order valence-electron chi connectivity index (χ2n) is 3.99. The molecule has 1 aliphatic rings. The zero-order chi connectivity index (χ0) is 11.0. The number of nitriles is 1. The van der Waals surface area contributed by atoms with E-state index in [1.54, 1.807) is 7.11 Å². The number of ether oxygens (including phenoxy) is 3. The molecule has 0 aromatic rings. The van der Waals surface area contributed by atoms with Crippen LogP contribution in [-0.2, 0) is 14.2 Å². The van der Waals surface area contributed by atoms with Crippen LogP contribution >= 0.6 is 0 Å². The van der Waals surface area contributed by atoms with Crippen molar-refractivity contribution < 1.29 is 14.2 Å². The van der Waals surface area contributed by atoms with Gasteiger partial charge in [0.15, 0.2) is 0 Å². The summed E-state index contributed by atoms with van der Waals surface area (Å²) in [5.41, 5.74) is 0.182. The van der Waals surface area contributed by atoms with Crippen LogP contribution in [-0.4, -0.2) is 40.1 Å². The Labute approximate surface area is 91.1 Å². The first-order chi connectivity index (χ1) is 7.33. The molecule has 4 nitrogen and oxygen atoms in total. The maximum absolute atomic E-state index is 8.60. The fourth-order valence-electron chi connectivity index (χ4n) is 1.37. The van der Waals surface area contributed by atoms with Gasteiger partial charge in [0, 0.05) is 18.9 Å². The van der Waals surface area contributed by atoms with Crippen LogP contribution in [0.25, 0.3) is 0 Å². The molecule has 0 spiro atoms. The highest BCUT2D eigenvalue weighted by Crippen LogP contribution is 2.48. The maximum atomic E-state index is 8.60. The second kappa shape index (κ2) is 6.78. The minimum absolute atomic E-state index is 0.182. The molecule has 0 atom stereocenters. The zero-order valence-electron chi connectivity index (χ0n) is 9.33. The summed E-state index contributed by atoms with van der Waals surface area (Å²) in [4.78, 5) is 0. The smallest absolute Gasteiger partial charge is 0.0701 e. The average Bonchev–Trinajstić information content (AvgIpc) is 2.98. The zero-order valence-corrected chi connectivity index (χ0v) is 9.33. The van der Waals surface area contributed by atoms with Gasteiger partial charge < -0.3 is 14.2 Å². The number of methoxy groups -OCH3 is 1. The first-order valence-corrected chi connectivity index (χ1v) is 5.34. The molecule has 0 radical (unpaired) electrons. The highest BCUT2D eigenvalue weighted by molar-refractivity contribution is 4.99. The first-order valence-electron chi connectivity index (χ1n) is 5.34. The van der Waals surface area contributed by atoms with E-state index in [-0.39, 0.29) is 5.41 Å². The van der Waals surface area contributed by atoms with E-state index in [2.05, 4.69) is 6.07 Å². The van der Waals surface area contributed by atoms with E-state index >= 15 is 0 Å². The molecule has 0 N–H and O–H groups in total. The summed E-state index contributed by atoms with van der Waals surface area (Å²) < 4.78 is 15.6. The van der Waals surface area contributed by atoms with Crippen molar-refractivity contribution in [2.45, 2.75) is 19.3 Å². The minimum Gasteiger partial charge on any atom is -0.382 e. The standard InChI is InChI=1S/C11H19NO3/c1-13-6-7-14-8-9-15-10-11(2-3-11)4-5-12/h2-4,6-10H2,1H3. The van der Waals surface area contributed by atoms with E-state index in [0.717, 1.165) is 12.8 Å². The quantitative estimate of drug-likeness (QED) is 0.543. The van der Waals surface area contributed by atoms with Gasteiger partial charge in [-0.15, -0.1) is 0 Å². The lowest BCUT2D eigenvalue weighted by atomic mass is 10.1. The summed E-state index contributed by atoms with van der Waals surface area (Å²) in [6.45, 7) is 3.15. The SMILES string of the molecule is COCCOCCOCC1(CC#N)CC1. The van der Waals surface area contributed by atoms with Crippen LogP contribution in [0.2, 0.25) is 0 Å². The monoisotopic (exact) mass is 213 g/mol. The van der Waals surface area contributed by atoms with Crippen molar-refractivity contribution in [1.82, 2.24) is 0 Å². The molecule has 1 fully saturated rings. The lowest BCUT2D eigenvalue weighted by molar-refractivity contribution is 0.0129. The highest BCUT2D eigenvalue weighted by atomic mass is 16.5. The number of hydrogen-bond acceptors (Lipinski definition) is 4. The van der Waals surface area contributed by atoms with Crippen LogP contribution in [0.15, 0.2) is 0 Å². The molecule has 1 saturated carbocycles. The summed E-state index contributed by atoms with van der Waals surface area (Å²) in [7, 11) is 1.65. The Hall–Kier alpha value is -0.630. The number of rotatable bonds is 9. The summed E-state index contributed by atoms with van der Waals surface area (Å²) >= 11 is 0. The number of nitrogens with zero attached hydrogens (tertiary/aromatic N) is 1.